The third kappa shape index (κ3) is 5.41. The van der Waals surface area contributed by atoms with E-state index in [1.54, 1.807) is 0 Å². The number of halogens is 2. The van der Waals surface area contributed by atoms with Crippen molar-refractivity contribution in [2.45, 2.75) is 58.8 Å². The Hall–Kier alpha value is -2.18. The summed E-state index contributed by atoms with van der Waals surface area (Å²) < 4.78 is 33.7. The molecule has 0 unspecified atom stereocenters. The summed E-state index contributed by atoms with van der Waals surface area (Å²) in [4.78, 5) is 24.4. The lowest BCUT2D eigenvalue weighted by Crippen LogP contribution is -2.47. The van der Waals surface area contributed by atoms with E-state index in [9.17, 15) is 18.4 Å². The van der Waals surface area contributed by atoms with Crippen LogP contribution in [0.2, 0.25) is 0 Å². The highest BCUT2D eigenvalue weighted by molar-refractivity contribution is 5.92. The molecule has 1 amide bonds. The molecule has 5 nitrogen and oxygen atoms in total. The van der Waals surface area contributed by atoms with E-state index in [2.05, 4.69) is 23.9 Å². The molecule has 1 aromatic carbocycles. The zero-order valence-corrected chi connectivity index (χ0v) is 15.2. The van der Waals surface area contributed by atoms with E-state index in [0.29, 0.717) is 11.8 Å². The number of hydrogen-bond donors (Lipinski definition) is 1. The third-order valence-corrected chi connectivity index (χ3v) is 5.00. The molecule has 2 rings (SSSR count). The van der Waals surface area contributed by atoms with Crippen LogP contribution in [0.3, 0.4) is 0 Å². The Labute approximate surface area is 152 Å². The van der Waals surface area contributed by atoms with E-state index in [4.69, 9.17) is 4.74 Å². The van der Waals surface area contributed by atoms with Crippen molar-refractivity contribution < 1.29 is 27.8 Å². The molecular weight excluding hydrogens is 344 g/mol. The molecule has 0 heterocycles. The smallest absolute Gasteiger partial charge is 0.387 e. The maximum Gasteiger partial charge on any atom is 0.387 e. The Morgan fingerprint density at radius 1 is 1.15 bits per heavy atom. The Morgan fingerprint density at radius 2 is 1.81 bits per heavy atom. The molecule has 0 radical (unpaired) electrons. The predicted octanol–water partition coefficient (Wildman–Crippen LogP) is 3.77. The van der Waals surface area contributed by atoms with Crippen LogP contribution in [0.1, 0.15) is 50.4 Å². The summed E-state index contributed by atoms with van der Waals surface area (Å²) in [5.74, 6) is -0.162. The summed E-state index contributed by atoms with van der Waals surface area (Å²) in [6.07, 6.45) is 2.20. The van der Waals surface area contributed by atoms with Crippen LogP contribution in [-0.2, 0) is 9.53 Å². The highest BCUT2D eigenvalue weighted by Gasteiger charge is 2.30. The number of ether oxygens (including phenoxy) is 2. The second-order valence-corrected chi connectivity index (χ2v) is 6.83. The van der Waals surface area contributed by atoms with Crippen LogP contribution >= 0.6 is 0 Å². The molecule has 0 aliphatic heterocycles. The molecule has 1 N–H and O–H groups in total. The minimum Gasteiger partial charge on any atom is -0.449 e. The predicted molar refractivity (Wildman–Crippen MR) is 92.1 cm³/mol. The molecule has 0 saturated heterocycles. The molecule has 0 bridgehead atoms. The number of esters is 1. The SMILES string of the molecule is C[C@@H]1[C@H](C)CCC[C@@H]1NC(=O)[C@@H](C)OC(=O)c1ccc(OC(F)F)cc1. The van der Waals surface area contributed by atoms with Crippen LogP contribution in [0.5, 0.6) is 5.75 Å². The first-order valence-corrected chi connectivity index (χ1v) is 8.84. The van der Waals surface area contributed by atoms with Crippen molar-refractivity contribution in [1.29, 1.82) is 0 Å². The first-order valence-electron chi connectivity index (χ1n) is 8.84. The van der Waals surface area contributed by atoms with Gasteiger partial charge in [-0.1, -0.05) is 26.7 Å². The lowest BCUT2D eigenvalue weighted by molar-refractivity contribution is -0.130. The van der Waals surface area contributed by atoms with E-state index in [-0.39, 0.29) is 23.3 Å². The van der Waals surface area contributed by atoms with E-state index < -0.39 is 18.7 Å². The maximum absolute atomic E-state index is 12.3. The topological polar surface area (TPSA) is 64.6 Å². The van der Waals surface area contributed by atoms with Crippen LogP contribution in [-0.4, -0.2) is 30.6 Å². The van der Waals surface area contributed by atoms with E-state index in [1.165, 1.54) is 31.2 Å². The minimum atomic E-state index is -2.93. The second-order valence-electron chi connectivity index (χ2n) is 6.83. The molecule has 1 aromatic rings. The fraction of sp³-hybridized carbons (Fsp3) is 0.579. The Morgan fingerprint density at radius 3 is 2.42 bits per heavy atom. The van der Waals surface area contributed by atoms with E-state index in [1.807, 2.05) is 0 Å². The van der Waals surface area contributed by atoms with Gasteiger partial charge in [-0.25, -0.2) is 4.79 Å². The number of carbonyl (C=O) groups is 2. The van der Waals surface area contributed by atoms with Crippen molar-refractivity contribution >= 4 is 11.9 Å². The lowest BCUT2D eigenvalue weighted by atomic mass is 9.78. The monoisotopic (exact) mass is 369 g/mol. The number of nitrogens with one attached hydrogen (secondary N) is 1. The second kappa shape index (κ2) is 8.96. The summed E-state index contributed by atoms with van der Waals surface area (Å²) in [7, 11) is 0. The fourth-order valence-corrected chi connectivity index (χ4v) is 3.14. The fourth-order valence-electron chi connectivity index (χ4n) is 3.14. The average Bonchev–Trinajstić information content (AvgIpc) is 2.59. The molecule has 1 aliphatic carbocycles. The van der Waals surface area contributed by atoms with Gasteiger partial charge in [0.15, 0.2) is 6.10 Å². The molecule has 4 atom stereocenters. The van der Waals surface area contributed by atoms with Gasteiger partial charge in [-0.15, -0.1) is 0 Å². The average molecular weight is 369 g/mol. The van der Waals surface area contributed by atoms with Crippen molar-refractivity contribution in [3.8, 4) is 5.75 Å². The highest BCUT2D eigenvalue weighted by atomic mass is 19.3. The zero-order chi connectivity index (χ0) is 19.3. The molecule has 0 aromatic heterocycles. The van der Waals surface area contributed by atoms with Gasteiger partial charge in [0, 0.05) is 6.04 Å². The molecule has 7 heteroatoms. The number of hydrogen-bond acceptors (Lipinski definition) is 4. The summed E-state index contributed by atoms with van der Waals surface area (Å²) in [5, 5.41) is 2.97. The Bertz CT molecular complexity index is 620. The Balaban J connectivity index is 1.88. The van der Waals surface area contributed by atoms with Gasteiger partial charge in [0.1, 0.15) is 5.75 Å². The maximum atomic E-state index is 12.3. The van der Waals surface area contributed by atoms with Crippen molar-refractivity contribution in [3.05, 3.63) is 29.8 Å². The molecule has 26 heavy (non-hydrogen) atoms. The molecule has 1 aliphatic rings. The standard InChI is InChI=1S/C19H25F2NO4/c1-11-5-4-6-16(12(11)2)22-17(23)13(3)25-18(24)14-7-9-15(10-8-14)26-19(20)21/h7-13,16,19H,4-6H2,1-3H3,(H,22,23)/t11-,12-,13-,16+/m1/s1. The summed E-state index contributed by atoms with van der Waals surface area (Å²) in [6, 6.07) is 5.21. The van der Waals surface area contributed by atoms with Gasteiger partial charge >= 0.3 is 12.6 Å². The summed E-state index contributed by atoms with van der Waals surface area (Å²) in [5.41, 5.74) is 0.158. The van der Waals surface area contributed by atoms with Crippen LogP contribution in [0.25, 0.3) is 0 Å². The minimum absolute atomic E-state index is 0.0530. The lowest BCUT2D eigenvalue weighted by Gasteiger charge is -2.35. The first kappa shape index (κ1) is 20.1. The van der Waals surface area contributed by atoms with Crippen molar-refractivity contribution in [3.63, 3.8) is 0 Å². The quantitative estimate of drug-likeness (QED) is 0.775. The van der Waals surface area contributed by atoms with Gasteiger partial charge in [-0.05, 0) is 49.4 Å². The van der Waals surface area contributed by atoms with E-state index >= 15 is 0 Å². The largest absolute Gasteiger partial charge is 0.449 e. The van der Waals surface area contributed by atoms with Gasteiger partial charge in [-0.3, -0.25) is 4.79 Å². The number of alkyl halides is 2. The summed E-state index contributed by atoms with van der Waals surface area (Å²) in [6.45, 7) is 2.88. The Kier molecular flexibility index (Phi) is 6.94. The van der Waals surface area contributed by atoms with Gasteiger partial charge < -0.3 is 14.8 Å². The molecule has 1 saturated carbocycles. The van der Waals surface area contributed by atoms with Crippen molar-refractivity contribution in [2.75, 3.05) is 0 Å². The van der Waals surface area contributed by atoms with Crippen LogP contribution in [0, 0.1) is 11.8 Å². The summed E-state index contributed by atoms with van der Waals surface area (Å²) >= 11 is 0. The number of benzene rings is 1. The van der Waals surface area contributed by atoms with Crippen molar-refractivity contribution in [2.24, 2.45) is 11.8 Å². The van der Waals surface area contributed by atoms with Crippen LogP contribution < -0.4 is 10.1 Å². The first-order chi connectivity index (χ1) is 12.3. The van der Waals surface area contributed by atoms with Crippen molar-refractivity contribution in [1.82, 2.24) is 5.32 Å². The van der Waals surface area contributed by atoms with Gasteiger partial charge in [0.05, 0.1) is 5.56 Å². The molecular formula is C19H25F2NO4. The van der Waals surface area contributed by atoms with Gasteiger partial charge in [-0.2, -0.15) is 8.78 Å². The number of carbonyl (C=O) groups excluding carboxylic acids is 2. The number of amides is 1. The molecule has 1 fully saturated rings. The van der Waals surface area contributed by atoms with E-state index in [0.717, 1.165) is 19.3 Å². The third-order valence-electron chi connectivity index (χ3n) is 5.00. The molecule has 0 spiro atoms. The van der Waals surface area contributed by atoms with Gasteiger partial charge in [0.25, 0.3) is 5.91 Å². The van der Waals surface area contributed by atoms with Crippen LogP contribution in [0.15, 0.2) is 24.3 Å². The number of rotatable bonds is 6. The highest BCUT2D eigenvalue weighted by Crippen LogP contribution is 2.29. The van der Waals surface area contributed by atoms with Gasteiger partial charge in [0.2, 0.25) is 0 Å². The molecule has 144 valence electrons. The van der Waals surface area contributed by atoms with Crippen LogP contribution in [0.4, 0.5) is 8.78 Å². The zero-order valence-electron chi connectivity index (χ0n) is 15.2. The normalized spacial score (nSPS) is 24.0.